The highest BCUT2D eigenvalue weighted by molar-refractivity contribution is 6.58. The van der Waals surface area contributed by atoms with E-state index in [1.165, 1.54) is 12.1 Å². The number of hydrogen-bond donors (Lipinski definition) is 6. The van der Waals surface area contributed by atoms with E-state index in [4.69, 9.17) is 21.5 Å². The van der Waals surface area contributed by atoms with Crippen molar-refractivity contribution in [2.75, 3.05) is 23.4 Å². The Kier molecular flexibility index (Phi) is 5.41. The first-order valence-electron chi connectivity index (χ1n) is 8.52. The van der Waals surface area contributed by atoms with E-state index in [2.05, 4.69) is 20.6 Å². The normalized spacial score (nSPS) is 14.5. The van der Waals surface area contributed by atoms with Gasteiger partial charge in [0.25, 0.3) is 0 Å². The van der Waals surface area contributed by atoms with E-state index < -0.39 is 13.2 Å². The molecule has 1 aliphatic heterocycles. The first-order chi connectivity index (χ1) is 13.9. The number of ether oxygens (including phenoxy) is 1. The van der Waals surface area contributed by atoms with Crippen LogP contribution in [0.4, 0.5) is 17.3 Å². The van der Waals surface area contributed by atoms with Gasteiger partial charge in [-0.05, 0) is 30.1 Å². The lowest BCUT2D eigenvalue weighted by Gasteiger charge is -2.26. The fraction of sp³-hybridized carbons (Fsp3) is 0.176. The van der Waals surface area contributed by atoms with Gasteiger partial charge in [0.05, 0.1) is 12.3 Å². The molecule has 12 heteroatoms. The monoisotopic (exact) mass is 392 g/mol. The molecule has 146 valence electrons. The number of nitrogens with one attached hydrogen (secondary N) is 2. The van der Waals surface area contributed by atoms with Crippen LogP contribution in [-0.4, -0.2) is 34.7 Å². The van der Waals surface area contributed by atoms with Crippen LogP contribution in [0.2, 0.25) is 0 Å². The highest BCUT2D eigenvalue weighted by Gasteiger charge is 2.30. The summed E-state index contributed by atoms with van der Waals surface area (Å²) in [6.07, 6.45) is 1.76. The Hall–Kier alpha value is -4.00. The van der Waals surface area contributed by atoms with Gasteiger partial charge in [-0.1, -0.05) is 6.07 Å². The summed E-state index contributed by atoms with van der Waals surface area (Å²) in [6.45, 7) is 2.15. The van der Waals surface area contributed by atoms with Crippen LogP contribution in [-0.2, 0) is 0 Å². The Morgan fingerprint density at radius 2 is 2.07 bits per heavy atom. The molecule has 29 heavy (non-hydrogen) atoms. The molecule has 0 radical (unpaired) electrons. The van der Waals surface area contributed by atoms with Crippen LogP contribution >= 0.6 is 0 Å². The number of nitrogens with two attached hydrogens (primary N) is 2. The van der Waals surface area contributed by atoms with Crippen LogP contribution in [0.3, 0.4) is 0 Å². The molecule has 11 nitrogen and oxygen atoms in total. The van der Waals surface area contributed by atoms with Crippen molar-refractivity contribution in [3.05, 3.63) is 34.9 Å². The van der Waals surface area contributed by atoms with Crippen molar-refractivity contribution in [1.29, 1.82) is 10.5 Å². The smallest absolute Gasteiger partial charge is 0.488 e. The second-order valence-electron chi connectivity index (χ2n) is 6.04. The average Bonchev–Trinajstić information content (AvgIpc) is 2.67. The molecule has 2 heterocycles. The maximum Gasteiger partial charge on any atom is 0.488 e. The molecule has 0 fully saturated rings. The lowest BCUT2D eigenvalue weighted by atomic mass is 9.78. The maximum atomic E-state index is 9.64. The Labute approximate surface area is 166 Å². The van der Waals surface area contributed by atoms with Crippen molar-refractivity contribution >= 4 is 35.9 Å². The topological polar surface area (TPSA) is 199 Å². The van der Waals surface area contributed by atoms with Crippen LogP contribution in [0.15, 0.2) is 23.2 Å². The SMILES string of the molecule is CCOc1cc(B(O)O)cc(C2N=C(NC#N)Nc3nc(N)c(C#N)c(N)c32)c1. The van der Waals surface area contributed by atoms with E-state index in [0.29, 0.717) is 23.5 Å². The Balaban J connectivity index is 2.26. The molecule has 1 atom stereocenters. The second-order valence-corrected chi connectivity index (χ2v) is 6.04. The Bertz CT molecular complexity index is 1070. The van der Waals surface area contributed by atoms with E-state index in [0.717, 1.165) is 0 Å². The summed E-state index contributed by atoms with van der Waals surface area (Å²) in [5, 5.41) is 42.8. The number of pyridine rings is 1. The number of anilines is 3. The van der Waals surface area contributed by atoms with Gasteiger partial charge in [0.2, 0.25) is 5.96 Å². The van der Waals surface area contributed by atoms with Crippen molar-refractivity contribution in [2.45, 2.75) is 13.0 Å². The van der Waals surface area contributed by atoms with Crippen LogP contribution < -0.4 is 32.3 Å². The number of guanidine groups is 1. The highest BCUT2D eigenvalue weighted by atomic mass is 16.5. The second kappa shape index (κ2) is 7.94. The average molecular weight is 392 g/mol. The summed E-state index contributed by atoms with van der Waals surface area (Å²) >= 11 is 0. The van der Waals surface area contributed by atoms with Crippen molar-refractivity contribution in [1.82, 2.24) is 10.3 Å². The number of nitrogens with zero attached hydrogens (tertiary/aromatic N) is 4. The maximum absolute atomic E-state index is 9.64. The lowest BCUT2D eigenvalue weighted by molar-refractivity contribution is 0.339. The fourth-order valence-electron chi connectivity index (χ4n) is 3.03. The summed E-state index contributed by atoms with van der Waals surface area (Å²) in [5.41, 5.74) is 13.1. The standard InChI is InChI=1S/C17H17BN8O3/c1-2-29-10-4-8(3-9(5-10)18(27)28)14-12-13(21)11(6-19)15(22)25-16(12)26-17(24-14)23-7-20/h3-5,14,27-28H,2H2,1H3,(H6,21,22,23,24,25,26). The minimum absolute atomic E-state index is 0.00539. The van der Waals surface area contributed by atoms with Crippen LogP contribution in [0.5, 0.6) is 5.75 Å². The predicted octanol–water partition coefficient (Wildman–Crippen LogP) is -0.862. The molecule has 0 saturated heterocycles. The summed E-state index contributed by atoms with van der Waals surface area (Å²) in [4.78, 5) is 8.61. The van der Waals surface area contributed by atoms with E-state index in [1.54, 1.807) is 19.2 Å². The van der Waals surface area contributed by atoms with Gasteiger partial charge in [-0.3, -0.25) is 5.32 Å². The summed E-state index contributed by atoms with van der Waals surface area (Å²) < 4.78 is 5.51. The van der Waals surface area contributed by atoms with Gasteiger partial charge in [-0.2, -0.15) is 10.5 Å². The number of benzene rings is 1. The minimum Gasteiger partial charge on any atom is -0.494 e. The van der Waals surface area contributed by atoms with Gasteiger partial charge in [-0.25, -0.2) is 9.98 Å². The number of aliphatic imine (C=N–C) groups is 1. The van der Waals surface area contributed by atoms with Gasteiger partial charge < -0.3 is 31.6 Å². The van der Waals surface area contributed by atoms with E-state index in [-0.39, 0.29) is 34.3 Å². The molecule has 8 N–H and O–H groups in total. The van der Waals surface area contributed by atoms with Crippen LogP contribution in [0.1, 0.15) is 29.7 Å². The number of nitriles is 2. The van der Waals surface area contributed by atoms with Gasteiger partial charge in [0, 0.05) is 5.56 Å². The molecule has 1 unspecified atom stereocenters. The Morgan fingerprint density at radius 3 is 2.69 bits per heavy atom. The first-order valence-corrected chi connectivity index (χ1v) is 8.52. The Morgan fingerprint density at radius 1 is 1.31 bits per heavy atom. The molecule has 0 aliphatic carbocycles. The van der Waals surface area contributed by atoms with Crippen molar-refractivity contribution < 1.29 is 14.8 Å². The molecule has 0 bridgehead atoms. The van der Waals surface area contributed by atoms with Crippen molar-refractivity contribution in [3.63, 3.8) is 0 Å². The third-order valence-corrected chi connectivity index (χ3v) is 4.23. The zero-order valence-electron chi connectivity index (χ0n) is 15.3. The fourth-order valence-corrected chi connectivity index (χ4v) is 3.03. The van der Waals surface area contributed by atoms with E-state index in [1.807, 2.05) is 6.07 Å². The zero-order valence-corrected chi connectivity index (χ0v) is 15.3. The summed E-state index contributed by atoms with van der Waals surface area (Å²) in [6, 6.07) is 5.77. The van der Waals surface area contributed by atoms with Gasteiger partial charge >= 0.3 is 7.12 Å². The molecule has 0 amide bonds. The van der Waals surface area contributed by atoms with Crippen LogP contribution in [0, 0.1) is 22.8 Å². The predicted molar refractivity (Wildman–Crippen MR) is 107 cm³/mol. The van der Waals surface area contributed by atoms with Gasteiger partial charge in [0.1, 0.15) is 35.1 Å². The quantitative estimate of drug-likeness (QED) is 0.216. The molecule has 1 aromatic heterocycles. The summed E-state index contributed by atoms with van der Waals surface area (Å²) in [7, 11) is -1.74. The van der Waals surface area contributed by atoms with Gasteiger partial charge in [0.15, 0.2) is 6.19 Å². The molecule has 2 aromatic rings. The highest BCUT2D eigenvalue weighted by Crippen LogP contribution is 2.40. The number of hydrogen-bond acceptors (Lipinski definition) is 11. The molecule has 1 aromatic carbocycles. The number of nitrogen functional groups attached to an aromatic ring is 2. The van der Waals surface area contributed by atoms with Crippen molar-refractivity contribution in [2.24, 2.45) is 4.99 Å². The summed E-state index contributed by atoms with van der Waals surface area (Å²) in [5.74, 6) is 0.641. The minimum atomic E-state index is -1.74. The first kappa shape index (κ1) is 19.8. The molecular weight excluding hydrogens is 375 g/mol. The van der Waals surface area contributed by atoms with Gasteiger partial charge in [-0.15, -0.1) is 0 Å². The molecular formula is C17H17BN8O3. The van der Waals surface area contributed by atoms with Crippen LogP contribution in [0.25, 0.3) is 0 Å². The zero-order chi connectivity index (χ0) is 21.1. The van der Waals surface area contributed by atoms with E-state index in [9.17, 15) is 15.3 Å². The molecule has 0 spiro atoms. The number of aromatic nitrogens is 1. The molecule has 0 saturated carbocycles. The van der Waals surface area contributed by atoms with Crippen molar-refractivity contribution in [3.8, 4) is 18.0 Å². The number of fused-ring (bicyclic) bond motifs is 1. The lowest BCUT2D eigenvalue weighted by Crippen LogP contribution is -2.34. The third kappa shape index (κ3) is 3.71. The number of rotatable bonds is 4. The third-order valence-electron chi connectivity index (χ3n) is 4.23. The van der Waals surface area contributed by atoms with E-state index >= 15 is 0 Å². The molecule has 3 rings (SSSR count). The molecule has 1 aliphatic rings. The largest absolute Gasteiger partial charge is 0.494 e.